The van der Waals surface area contributed by atoms with Gasteiger partial charge in [-0.3, -0.25) is 0 Å². The van der Waals surface area contributed by atoms with Gasteiger partial charge in [0, 0.05) is 63.0 Å². The van der Waals surface area contributed by atoms with E-state index in [0.29, 0.717) is 32.2 Å². The summed E-state index contributed by atoms with van der Waals surface area (Å²) >= 11 is 0. The van der Waals surface area contributed by atoms with E-state index in [9.17, 15) is 0 Å². The van der Waals surface area contributed by atoms with Crippen LogP contribution in [0.4, 0.5) is 51.2 Å². The molecule has 8 heteroatoms. The third kappa shape index (κ3) is 9.95. The molecule has 0 saturated heterocycles. The van der Waals surface area contributed by atoms with Gasteiger partial charge in [0.15, 0.2) is 23.0 Å². The second-order valence-electron chi connectivity index (χ2n) is 28.6. The Bertz CT molecular complexity index is 5010. The molecule has 0 amide bonds. The first-order chi connectivity index (χ1) is 46.1. The zero-order valence-electron chi connectivity index (χ0n) is 55.1. The predicted octanol–water partition coefficient (Wildman–Crippen LogP) is 20.4. The highest BCUT2D eigenvalue weighted by Crippen LogP contribution is 2.53. The molecule has 0 N–H and O–H groups in total. The van der Waals surface area contributed by atoms with Crippen molar-refractivity contribution in [3.05, 3.63) is 277 Å². The van der Waals surface area contributed by atoms with Gasteiger partial charge in [0.2, 0.25) is 0 Å². The topological polar surface area (TPSA) is 46.6 Å². The molecule has 12 aromatic carbocycles. The first-order valence-electron chi connectivity index (χ1n) is 33.5. The van der Waals surface area contributed by atoms with Crippen LogP contribution in [0.2, 0.25) is 0 Å². The number of nitrogens with zero attached hydrogens (tertiary/aromatic N) is 3. The van der Waals surface area contributed by atoms with Gasteiger partial charge in [-0.1, -0.05) is 213 Å². The molecule has 0 fully saturated rings. The van der Waals surface area contributed by atoms with Crippen molar-refractivity contribution in [2.75, 3.05) is 41.1 Å². The number of rotatable bonds is 9. The monoisotopic (exact) mass is 1240 g/mol. The molecule has 0 atom stereocenters. The molecule has 0 unspecified atom stereocenters. The van der Waals surface area contributed by atoms with Crippen LogP contribution in [0, 0.1) is 0 Å². The third-order valence-corrected chi connectivity index (χ3v) is 20.3. The number of benzene rings is 12. The Morgan fingerprint density at radius 3 is 1.43 bits per heavy atom. The Hall–Kier alpha value is -10.7. The van der Waals surface area contributed by atoms with Gasteiger partial charge in [0.1, 0.15) is 26.4 Å². The SMILES string of the molecule is CC(C)(C)c1ccc(-c2cccc(N3c4cc(-c5ccc(C(C)(C)C)cc5)ccc4B4c5cc6c(cc5N(c5ccc7c(c5)OCCO7)c5cc(-c7ccc(N(c8ccc(-c9ccccc9)cc8)c8ccc9c(c8)C(C)(C)c8ccccc8-9)cc7)cc3c54)OCCO6)c2)cc1. The molecular formula is C87H74BN3O4. The van der Waals surface area contributed by atoms with Gasteiger partial charge in [-0.15, -0.1) is 0 Å². The Morgan fingerprint density at radius 1 is 0.337 bits per heavy atom. The van der Waals surface area contributed by atoms with Crippen molar-refractivity contribution in [2.24, 2.45) is 0 Å². The fraction of sp³-hybridized carbons (Fsp3) is 0.172. The Balaban J connectivity index is 0.886. The highest BCUT2D eigenvalue weighted by Gasteiger charge is 2.45. The predicted molar refractivity (Wildman–Crippen MR) is 394 cm³/mol. The molecule has 0 radical (unpaired) electrons. The first kappa shape index (κ1) is 58.2. The van der Waals surface area contributed by atoms with Gasteiger partial charge >= 0.3 is 0 Å². The lowest BCUT2D eigenvalue weighted by Crippen LogP contribution is -2.61. The fourth-order valence-corrected chi connectivity index (χ4v) is 15.3. The van der Waals surface area contributed by atoms with Gasteiger partial charge in [-0.2, -0.15) is 0 Å². The summed E-state index contributed by atoms with van der Waals surface area (Å²) in [5, 5.41) is 0. The van der Waals surface area contributed by atoms with Gasteiger partial charge in [0.25, 0.3) is 6.71 Å². The minimum atomic E-state index is -0.209. The van der Waals surface area contributed by atoms with Crippen LogP contribution < -0.4 is 50.0 Å². The molecule has 5 aliphatic rings. The Kier molecular flexibility index (Phi) is 13.6. The zero-order chi connectivity index (χ0) is 64.5. The van der Waals surface area contributed by atoms with E-state index in [1.165, 1.54) is 61.0 Å². The maximum absolute atomic E-state index is 6.54. The second-order valence-corrected chi connectivity index (χ2v) is 28.6. The molecule has 4 heterocycles. The van der Waals surface area contributed by atoms with Crippen LogP contribution in [0.3, 0.4) is 0 Å². The minimum Gasteiger partial charge on any atom is -0.486 e. The summed E-state index contributed by atoms with van der Waals surface area (Å²) < 4.78 is 25.7. The number of fused-ring (bicyclic) bond motifs is 9. The standard InChI is InChI=1S/C87H74BN3O4/c1-85(2,3)63-30-21-57(22-31-63)60-17-14-18-67(47-60)90-76-48-61(58-23-32-64(33-24-58)86(4,5)6)29-41-74(76)88-75-53-82-83(95-46-45-94-82)54-77(75)91(69-39-42-80-81(52-69)93-44-43-92-80)79-50-62(49-78(90)84(79)88)59-27-36-66(37-28-59)89(65-34-25-56(26-35-65)55-15-10-9-11-16-55)68-38-40-71-70-19-12-13-20-72(70)87(7,8)73(71)51-68/h9-42,47-54H,43-46H2,1-8H3. The molecular weight excluding hydrogens is 1160 g/mol. The van der Waals surface area contributed by atoms with Crippen molar-refractivity contribution in [1.82, 2.24) is 0 Å². The lowest BCUT2D eigenvalue weighted by molar-refractivity contribution is 0.171. The van der Waals surface area contributed by atoms with Crippen molar-refractivity contribution in [1.29, 1.82) is 0 Å². The maximum atomic E-state index is 6.54. The third-order valence-electron chi connectivity index (χ3n) is 20.3. The maximum Gasteiger partial charge on any atom is 0.252 e. The van der Waals surface area contributed by atoms with Crippen LogP contribution in [0.1, 0.15) is 77.6 Å². The number of hydrogen-bond donors (Lipinski definition) is 0. The summed E-state index contributed by atoms with van der Waals surface area (Å²) in [6.45, 7) is 20.1. The lowest BCUT2D eigenvalue weighted by atomic mass is 9.33. The van der Waals surface area contributed by atoms with E-state index in [-0.39, 0.29) is 23.0 Å². The summed E-state index contributed by atoms with van der Waals surface area (Å²) in [6, 6.07) is 95.1. The van der Waals surface area contributed by atoms with Gasteiger partial charge < -0.3 is 33.6 Å². The van der Waals surface area contributed by atoms with E-state index in [2.05, 4.69) is 325 Å². The van der Waals surface area contributed by atoms with E-state index in [1.807, 2.05) is 0 Å². The van der Waals surface area contributed by atoms with Crippen molar-refractivity contribution in [2.45, 2.75) is 71.6 Å². The molecule has 7 nitrogen and oxygen atoms in total. The minimum absolute atomic E-state index is 0.0143. The molecule has 4 aliphatic heterocycles. The summed E-state index contributed by atoms with van der Waals surface area (Å²) in [4.78, 5) is 7.39. The summed E-state index contributed by atoms with van der Waals surface area (Å²) in [5.41, 5.74) is 29.9. The Morgan fingerprint density at radius 2 is 0.800 bits per heavy atom. The number of ether oxygens (including phenoxy) is 4. The molecule has 1 aliphatic carbocycles. The molecule has 0 aromatic heterocycles. The smallest absolute Gasteiger partial charge is 0.252 e. The lowest BCUT2D eigenvalue weighted by Gasteiger charge is -2.45. The van der Waals surface area contributed by atoms with Crippen LogP contribution in [-0.2, 0) is 16.2 Å². The van der Waals surface area contributed by atoms with Crippen LogP contribution in [0.15, 0.2) is 255 Å². The molecule has 464 valence electrons. The number of hydrogen-bond acceptors (Lipinski definition) is 7. The van der Waals surface area contributed by atoms with E-state index in [0.717, 1.165) is 102 Å². The summed E-state index contributed by atoms with van der Waals surface area (Å²) in [7, 11) is 0. The van der Waals surface area contributed by atoms with Gasteiger partial charge in [-0.25, -0.2) is 0 Å². The molecule has 95 heavy (non-hydrogen) atoms. The van der Waals surface area contributed by atoms with Crippen LogP contribution >= 0.6 is 0 Å². The average molecular weight is 1240 g/mol. The molecule has 17 rings (SSSR count). The molecule has 0 spiro atoms. The Labute approximate surface area is 558 Å². The molecule has 12 aromatic rings. The average Bonchev–Trinajstić information content (AvgIpc) is 1.17. The number of anilines is 9. The molecule has 0 bridgehead atoms. The van der Waals surface area contributed by atoms with Crippen molar-refractivity contribution >= 4 is 74.3 Å². The van der Waals surface area contributed by atoms with Gasteiger partial charge in [0.05, 0.1) is 5.69 Å². The largest absolute Gasteiger partial charge is 0.486 e. The van der Waals surface area contributed by atoms with Crippen molar-refractivity contribution in [3.63, 3.8) is 0 Å². The zero-order valence-corrected chi connectivity index (χ0v) is 55.1. The van der Waals surface area contributed by atoms with E-state index in [1.54, 1.807) is 0 Å². The van der Waals surface area contributed by atoms with E-state index >= 15 is 0 Å². The van der Waals surface area contributed by atoms with Crippen molar-refractivity contribution in [3.8, 4) is 78.6 Å². The highest BCUT2D eigenvalue weighted by atomic mass is 16.6. The summed E-state index contributed by atoms with van der Waals surface area (Å²) in [5.74, 6) is 2.93. The molecule has 0 saturated carbocycles. The van der Waals surface area contributed by atoms with Crippen LogP contribution in [-0.4, -0.2) is 33.1 Å². The van der Waals surface area contributed by atoms with Crippen LogP contribution in [0.5, 0.6) is 23.0 Å². The highest BCUT2D eigenvalue weighted by molar-refractivity contribution is 7.00. The van der Waals surface area contributed by atoms with Gasteiger partial charge in [-0.05, 0) is 190 Å². The fourth-order valence-electron chi connectivity index (χ4n) is 15.3. The first-order valence-corrected chi connectivity index (χ1v) is 33.5. The van der Waals surface area contributed by atoms with E-state index in [4.69, 9.17) is 18.9 Å². The summed E-state index contributed by atoms with van der Waals surface area (Å²) in [6.07, 6.45) is 0. The normalized spacial score (nSPS) is 14.5. The second kappa shape index (κ2) is 22.2. The quantitative estimate of drug-likeness (QED) is 0.133. The van der Waals surface area contributed by atoms with E-state index < -0.39 is 0 Å². The van der Waals surface area contributed by atoms with Crippen molar-refractivity contribution < 1.29 is 18.9 Å². The van der Waals surface area contributed by atoms with Crippen LogP contribution in [0.25, 0.3) is 55.6 Å².